The normalized spacial score (nSPS) is 29.6. The fraction of sp³-hybridized carbons (Fsp3) is 0.905. The molecular formula is C21H40N2O4Si. The lowest BCUT2D eigenvalue weighted by molar-refractivity contribution is -0.148. The second kappa shape index (κ2) is 7.98. The van der Waals surface area contributed by atoms with Crippen LogP contribution in [0.4, 0.5) is 4.79 Å². The van der Waals surface area contributed by atoms with Crippen LogP contribution in [0.1, 0.15) is 60.8 Å². The van der Waals surface area contributed by atoms with Gasteiger partial charge in [0.2, 0.25) is 5.91 Å². The van der Waals surface area contributed by atoms with E-state index in [1.807, 2.05) is 32.7 Å². The van der Waals surface area contributed by atoms with Crippen molar-refractivity contribution in [3.05, 3.63) is 0 Å². The summed E-state index contributed by atoms with van der Waals surface area (Å²) in [6.45, 7) is 17.9. The molecule has 2 amide bonds. The van der Waals surface area contributed by atoms with Crippen molar-refractivity contribution in [1.29, 1.82) is 0 Å². The molecule has 2 heterocycles. The highest BCUT2D eigenvalue weighted by atomic mass is 28.3. The van der Waals surface area contributed by atoms with Gasteiger partial charge >= 0.3 is 6.09 Å². The molecule has 0 aromatic heterocycles. The number of hydrogen-bond donors (Lipinski definition) is 0. The van der Waals surface area contributed by atoms with Gasteiger partial charge in [-0.15, -0.1) is 0 Å². The Bertz CT molecular complexity index is 596. The summed E-state index contributed by atoms with van der Waals surface area (Å²) in [6.07, 6.45) is 1.72. The topological polar surface area (TPSA) is 59.1 Å². The Labute approximate surface area is 172 Å². The molecule has 6 nitrogen and oxygen atoms in total. The van der Waals surface area contributed by atoms with Crippen LogP contribution in [0.5, 0.6) is 0 Å². The molecule has 2 fully saturated rings. The van der Waals surface area contributed by atoms with E-state index in [9.17, 15) is 9.59 Å². The van der Waals surface area contributed by atoms with Crippen molar-refractivity contribution < 1.29 is 18.8 Å². The van der Waals surface area contributed by atoms with E-state index < -0.39 is 20.4 Å². The van der Waals surface area contributed by atoms with E-state index in [4.69, 9.17) is 9.16 Å². The highest BCUT2D eigenvalue weighted by Gasteiger charge is 2.57. The lowest BCUT2D eigenvalue weighted by Gasteiger charge is -2.47. The third-order valence-corrected chi connectivity index (χ3v) is 6.85. The first kappa shape index (κ1) is 23.2. The zero-order valence-corrected chi connectivity index (χ0v) is 20.4. The maximum atomic E-state index is 13.3. The molecule has 2 saturated heterocycles. The summed E-state index contributed by atoms with van der Waals surface area (Å²) in [5.74, 6) is 0.432. The predicted octanol–water partition coefficient (Wildman–Crippen LogP) is 3.85. The van der Waals surface area contributed by atoms with Gasteiger partial charge in [0.15, 0.2) is 9.04 Å². The van der Waals surface area contributed by atoms with E-state index in [1.165, 1.54) is 0 Å². The molecule has 2 aliphatic rings. The maximum Gasteiger partial charge on any atom is 0.412 e. The molecule has 7 heteroatoms. The minimum absolute atomic E-state index is 0.00553. The molecule has 0 N–H and O–H groups in total. The van der Waals surface area contributed by atoms with E-state index >= 15 is 0 Å². The van der Waals surface area contributed by atoms with E-state index in [1.54, 1.807) is 4.90 Å². The number of piperidine rings is 1. The van der Waals surface area contributed by atoms with Gasteiger partial charge < -0.3 is 14.1 Å². The summed E-state index contributed by atoms with van der Waals surface area (Å²) in [4.78, 5) is 29.4. The molecule has 162 valence electrons. The van der Waals surface area contributed by atoms with Gasteiger partial charge in [-0.3, -0.25) is 9.69 Å². The Kier molecular flexibility index (Phi) is 6.61. The third-order valence-electron chi connectivity index (χ3n) is 5.97. The van der Waals surface area contributed by atoms with Crippen LogP contribution >= 0.6 is 0 Å². The van der Waals surface area contributed by atoms with Crippen LogP contribution in [0.3, 0.4) is 0 Å². The van der Waals surface area contributed by atoms with Crippen molar-refractivity contribution in [3.8, 4) is 0 Å². The van der Waals surface area contributed by atoms with Crippen molar-refractivity contribution in [3.63, 3.8) is 0 Å². The summed E-state index contributed by atoms with van der Waals surface area (Å²) in [6, 6.07) is 0. The zero-order valence-electron chi connectivity index (χ0n) is 19.3. The quantitative estimate of drug-likeness (QED) is 0.661. The number of amides is 2. The summed E-state index contributed by atoms with van der Waals surface area (Å²) in [5, 5.41) is 0. The average molecular weight is 413 g/mol. The van der Waals surface area contributed by atoms with Crippen LogP contribution in [0.2, 0.25) is 13.1 Å². The van der Waals surface area contributed by atoms with Gasteiger partial charge in [-0.05, 0) is 58.0 Å². The number of carbonyl (C=O) groups excluding carboxylic acids is 2. The molecule has 2 aliphatic heterocycles. The summed E-state index contributed by atoms with van der Waals surface area (Å²) < 4.78 is 12.5. The Morgan fingerprint density at radius 2 is 1.79 bits per heavy atom. The van der Waals surface area contributed by atoms with Crippen molar-refractivity contribution >= 4 is 21.0 Å². The van der Waals surface area contributed by atoms with E-state index in [0.29, 0.717) is 25.4 Å². The Morgan fingerprint density at radius 3 is 2.25 bits per heavy atom. The van der Waals surface area contributed by atoms with Crippen LogP contribution < -0.4 is 0 Å². The van der Waals surface area contributed by atoms with Crippen molar-refractivity contribution in [2.24, 2.45) is 17.3 Å². The van der Waals surface area contributed by atoms with Crippen molar-refractivity contribution in [2.75, 3.05) is 20.1 Å². The largest absolute Gasteiger partial charge is 0.444 e. The second-order valence-electron chi connectivity index (χ2n) is 10.9. The van der Waals surface area contributed by atoms with E-state index in [0.717, 1.165) is 12.8 Å². The molecule has 3 atom stereocenters. The first-order valence-corrected chi connectivity index (χ1v) is 13.4. The molecule has 0 saturated carbocycles. The van der Waals surface area contributed by atoms with Crippen LogP contribution in [-0.4, -0.2) is 62.3 Å². The number of rotatable bonds is 3. The van der Waals surface area contributed by atoms with E-state index in [2.05, 4.69) is 33.9 Å². The van der Waals surface area contributed by atoms with Crippen molar-refractivity contribution in [2.45, 2.75) is 85.2 Å². The monoisotopic (exact) mass is 412 g/mol. The third kappa shape index (κ3) is 5.09. The second-order valence-corrected chi connectivity index (χ2v) is 13.2. The van der Waals surface area contributed by atoms with Gasteiger partial charge in [-0.25, -0.2) is 4.79 Å². The number of ether oxygens (including phenoxy) is 1. The molecule has 2 rings (SSSR count). The first-order chi connectivity index (χ1) is 12.7. The van der Waals surface area contributed by atoms with Crippen LogP contribution in [-0.2, 0) is 14.0 Å². The molecule has 0 radical (unpaired) electrons. The van der Waals surface area contributed by atoms with Gasteiger partial charge in [0.25, 0.3) is 0 Å². The van der Waals surface area contributed by atoms with Crippen LogP contribution in [0.25, 0.3) is 0 Å². The number of nitrogens with zero attached hydrogens (tertiary/aromatic N) is 2. The highest BCUT2D eigenvalue weighted by molar-refractivity contribution is 6.48. The zero-order chi connectivity index (χ0) is 21.5. The van der Waals surface area contributed by atoms with Gasteiger partial charge in [0.05, 0.1) is 0 Å². The highest BCUT2D eigenvalue weighted by Crippen LogP contribution is 2.49. The predicted molar refractivity (Wildman–Crippen MR) is 114 cm³/mol. The van der Waals surface area contributed by atoms with E-state index in [-0.39, 0.29) is 23.3 Å². The fourth-order valence-corrected chi connectivity index (χ4v) is 5.59. The minimum Gasteiger partial charge on any atom is -0.444 e. The smallest absolute Gasteiger partial charge is 0.412 e. The molecule has 0 bridgehead atoms. The van der Waals surface area contributed by atoms with Gasteiger partial charge in [0, 0.05) is 32.5 Å². The molecule has 0 aromatic rings. The number of hydrogen-bond acceptors (Lipinski definition) is 4. The number of carbonyl (C=O) groups is 2. The molecule has 0 aliphatic carbocycles. The number of likely N-dealkylation sites (tertiary alicyclic amines) is 2. The van der Waals surface area contributed by atoms with Gasteiger partial charge in [-0.1, -0.05) is 20.8 Å². The Balaban J connectivity index is 2.46. The fourth-order valence-electron chi connectivity index (χ4n) is 4.36. The van der Waals surface area contributed by atoms with Crippen LogP contribution in [0.15, 0.2) is 0 Å². The molecule has 0 aromatic carbocycles. The molecule has 1 unspecified atom stereocenters. The standard InChI is InChI=1S/C21H40N2O4Si/c1-19(2,3)16-13-21(27-28(8)9,15-10-11-22(7)17(24)12-15)23(14-16)18(25)26-20(4,5)6/h15-16,28H,10-14H2,1-9H3/t15?,16-,21-/m0/s1. The first-order valence-electron chi connectivity index (χ1n) is 10.6. The Hall–Kier alpha value is -1.08. The van der Waals surface area contributed by atoms with Crippen molar-refractivity contribution in [1.82, 2.24) is 9.80 Å². The summed E-state index contributed by atoms with van der Waals surface area (Å²) in [7, 11) is 0.363. The SMILES string of the molecule is CN1CCC([C@@]2(O[SiH](C)C)C[C@H](C(C)(C)C)CN2C(=O)OC(C)(C)C)CC1=O. The lowest BCUT2D eigenvalue weighted by atomic mass is 9.75. The Morgan fingerprint density at radius 1 is 1.18 bits per heavy atom. The summed E-state index contributed by atoms with van der Waals surface area (Å²) >= 11 is 0. The molecule has 28 heavy (non-hydrogen) atoms. The summed E-state index contributed by atoms with van der Waals surface area (Å²) in [5.41, 5.74) is -1.27. The van der Waals surface area contributed by atoms with Gasteiger partial charge in [-0.2, -0.15) is 0 Å². The maximum absolute atomic E-state index is 13.3. The van der Waals surface area contributed by atoms with Crippen LogP contribution in [0, 0.1) is 17.3 Å². The molecule has 0 spiro atoms. The van der Waals surface area contributed by atoms with Gasteiger partial charge in [0.1, 0.15) is 11.3 Å². The molecular weight excluding hydrogens is 372 g/mol. The minimum atomic E-state index is -1.49. The average Bonchev–Trinajstić information content (AvgIpc) is 2.88. The lowest BCUT2D eigenvalue weighted by Crippen LogP contribution is -2.59.